The molecule has 2 rings (SSSR count). The Morgan fingerprint density at radius 2 is 2.38 bits per heavy atom. The van der Waals surface area contributed by atoms with Crippen LogP contribution in [0, 0.1) is 12.3 Å². The molecule has 0 saturated heterocycles. The van der Waals surface area contributed by atoms with Gasteiger partial charge >= 0.3 is 0 Å². The first-order chi connectivity index (χ1) is 7.79. The molecule has 0 aromatic carbocycles. The second kappa shape index (κ2) is 4.95. The van der Waals surface area contributed by atoms with E-state index in [-0.39, 0.29) is 0 Å². The summed E-state index contributed by atoms with van der Waals surface area (Å²) in [6.45, 7) is 1.34. The van der Waals surface area contributed by atoms with Gasteiger partial charge in [0, 0.05) is 25.8 Å². The topological polar surface area (TPSA) is 41.1 Å². The lowest BCUT2D eigenvalue weighted by Gasteiger charge is -2.15. The predicted octanol–water partition coefficient (Wildman–Crippen LogP) is 0.798. The summed E-state index contributed by atoms with van der Waals surface area (Å²) in [6.07, 6.45) is 11.4. The van der Waals surface area contributed by atoms with Crippen molar-refractivity contribution in [1.29, 1.82) is 0 Å². The molecular weight excluding hydrogens is 200 g/mol. The lowest BCUT2D eigenvalue weighted by atomic mass is 10.4. The van der Waals surface area contributed by atoms with E-state index in [9.17, 15) is 0 Å². The monoisotopic (exact) mass is 216 g/mol. The molecule has 0 atom stereocenters. The second-order valence-electron chi connectivity index (χ2n) is 4.08. The first-order valence-corrected chi connectivity index (χ1v) is 5.48. The van der Waals surface area contributed by atoms with Crippen molar-refractivity contribution >= 4 is 5.82 Å². The number of anilines is 1. The maximum Gasteiger partial charge on any atom is 0.147 e. The predicted molar refractivity (Wildman–Crippen MR) is 64.0 cm³/mol. The molecule has 4 nitrogen and oxygen atoms in total. The van der Waals surface area contributed by atoms with Gasteiger partial charge in [-0.05, 0) is 12.8 Å². The molecule has 1 saturated carbocycles. The minimum atomic E-state index is 0.550. The van der Waals surface area contributed by atoms with Crippen LogP contribution in [0.3, 0.4) is 0 Å². The van der Waals surface area contributed by atoms with Crippen molar-refractivity contribution in [2.24, 2.45) is 0 Å². The summed E-state index contributed by atoms with van der Waals surface area (Å²) in [6, 6.07) is 0.689. The van der Waals surface area contributed by atoms with Crippen LogP contribution in [0.4, 0.5) is 5.82 Å². The third kappa shape index (κ3) is 2.94. The number of rotatable bonds is 5. The van der Waals surface area contributed by atoms with E-state index in [1.165, 1.54) is 12.8 Å². The molecule has 0 aliphatic heterocycles. The molecule has 4 heteroatoms. The van der Waals surface area contributed by atoms with Crippen molar-refractivity contribution in [3.63, 3.8) is 0 Å². The number of nitrogens with one attached hydrogen (secondary N) is 1. The Bertz CT molecular complexity index is 392. The molecule has 1 N–H and O–H groups in total. The van der Waals surface area contributed by atoms with E-state index in [0.29, 0.717) is 12.6 Å². The van der Waals surface area contributed by atoms with Crippen molar-refractivity contribution in [2.75, 3.05) is 18.5 Å². The molecule has 16 heavy (non-hydrogen) atoms. The van der Waals surface area contributed by atoms with E-state index < -0.39 is 0 Å². The van der Waals surface area contributed by atoms with Crippen LogP contribution < -0.4 is 10.2 Å². The average Bonchev–Trinajstić information content (AvgIpc) is 3.11. The normalized spacial score (nSPS) is 14.5. The van der Waals surface area contributed by atoms with E-state index in [1.54, 1.807) is 12.4 Å². The Morgan fingerprint density at radius 3 is 3.06 bits per heavy atom. The van der Waals surface area contributed by atoms with Crippen LogP contribution in [0.1, 0.15) is 18.5 Å². The van der Waals surface area contributed by atoms with Crippen LogP contribution >= 0.6 is 0 Å². The lowest BCUT2D eigenvalue weighted by Crippen LogP contribution is -2.21. The number of nitrogens with zero attached hydrogens (tertiary/aromatic N) is 3. The molecule has 0 radical (unpaired) electrons. The van der Waals surface area contributed by atoms with Gasteiger partial charge in [-0.15, -0.1) is 6.42 Å². The van der Waals surface area contributed by atoms with Gasteiger partial charge in [0.25, 0.3) is 0 Å². The van der Waals surface area contributed by atoms with Gasteiger partial charge in [0.15, 0.2) is 0 Å². The maximum atomic E-state index is 5.26. The third-order valence-electron chi connectivity index (χ3n) is 2.54. The summed E-state index contributed by atoms with van der Waals surface area (Å²) < 4.78 is 0. The van der Waals surface area contributed by atoms with E-state index in [1.807, 2.05) is 11.9 Å². The Hall–Kier alpha value is -1.60. The Morgan fingerprint density at radius 1 is 1.56 bits per heavy atom. The van der Waals surface area contributed by atoms with Crippen molar-refractivity contribution < 1.29 is 0 Å². The largest absolute Gasteiger partial charge is 0.347 e. The van der Waals surface area contributed by atoms with Gasteiger partial charge in [0.05, 0.1) is 18.4 Å². The van der Waals surface area contributed by atoms with Gasteiger partial charge in [-0.2, -0.15) is 0 Å². The zero-order valence-electron chi connectivity index (χ0n) is 9.48. The molecule has 0 spiro atoms. The first kappa shape index (κ1) is 10.9. The summed E-state index contributed by atoms with van der Waals surface area (Å²) in [7, 11) is 1.92. The van der Waals surface area contributed by atoms with E-state index in [4.69, 9.17) is 6.42 Å². The average molecular weight is 216 g/mol. The molecule has 1 aliphatic carbocycles. The molecule has 0 amide bonds. The smallest absolute Gasteiger partial charge is 0.147 e. The van der Waals surface area contributed by atoms with Crippen molar-refractivity contribution in [3.05, 3.63) is 18.1 Å². The highest BCUT2D eigenvalue weighted by Gasteiger charge is 2.20. The molecule has 0 bridgehead atoms. The van der Waals surface area contributed by atoms with Crippen LogP contribution in [0.15, 0.2) is 12.4 Å². The summed E-state index contributed by atoms with van der Waals surface area (Å²) in [4.78, 5) is 10.6. The fraction of sp³-hybridized carbons (Fsp3) is 0.500. The summed E-state index contributed by atoms with van der Waals surface area (Å²) in [5.41, 5.74) is 0.966. The van der Waals surface area contributed by atoms with Crippen LogP contribution in [0.5, 0.6) is 0 Å². The molecule has 1 fully saturated rings. The van der Waals surface area contributed by atoms with Crippen molar-refractivity contribution in [2.45, 2.75) is 25.4 Å². The van der Waals surface area contributed by atoms with E-state index in [2.05, 4.69) is 21.2 Å². The van der Waals surface area contributed by atoms with Crippen molar-refractivity contribution in [1.82, 2.24) is 15.3 Å². The number of terminal acetylenes is 1. The fourth-order valence-corrected chi connectivity index (χ4v) is 1.42. The zero-order chi connectivity index (χ0) is 11.4. The molecule has 84 valence electrons. The minimum Gasteiger partial charge on any atom is -0.347 e. The van der Waals surface area contributed by atoms with Gasteiger partial charge in [-0.3, -0.25) is 4.98 Å². The Balaban J connectivity index is 1.97. The maximum absolute atomic E-state index is 5.26. The van der Waals surface area contributed by atoms with Crippen molar-refractivity contribution in [3.8, 4) is 12.3 Å². The second-order valence-corrected chi connectivity index (χ2v) is 4.08. The lowest BCUT2D eigenvalue weighted by molar-refractivity contribution is 0.671. The highest BCUT2D eigenvalue weighted by molar-refractivity contribution is 5.36. The minimum absolute atomic E-state index is 0.550. The number of aromatic nitrogens is 2. The zero-order valence-corrected chi connectivity index (χ0v) is 9.48. The molecule has 1 aromatic heterocycles. The quantitative estimate of drug-likeness (QED) is 0.739. The van der Waals surface area contributed by atoms with Gasteiger partial charge < -0.3 is 10.2 Å². The van der Waals surface area contributed by atoms with Gasteiger partial charge in [0.2, 0.25) is 0 Å². The highest BCUT2D eigenvalue weighted by Crippen LogP contribution is 2.19. The summed E-state index contributed by atoms with van der Waals surface area (Å²) in [5.74, 6) is 3.42. The Kier molecular flexibility index (Phi) is 3.37. The van der Waals surface area contributed by atoms with Crippen LogP contribution in [0.2, 0.25) is 0 Å². The fourth-order valence-electron chi connectivity index (χ4n) is 1.42. The SMILES string of the molecule is C#CCN(C)c1cncc(CNC2CC2)n1. The van der Waals surface area contributed by atoms with Gasteiger partial charge in [0.1, 0.15) is 5.82 Å². The number of hydrogen-bond donors (Lipinski definition) is 1. The standard InChI is InChI=1S/C12H16N4/c1-3-6-16(2)12-9-13-7-11(15-12)8-14-10-4-5-10/h1,7,9-10,14H,4-6,8H2,2H3. The molecule has 1 aromatic rings. The first-order valence-electron chi connectivity index (χ1n) is 5.48. The summed E-state index contributed by atoms with van der Waals surface area (Å²) in [5, 5.41) is 3.41. The summed E-state index contributed by atoms with van der Waals surface area (Å²) >= 11 is 0. The van der Waals surface area contributed by atoms with Crippen LogP contribution in [-0.2, 0) is 6.54 Å². The molecule has 0 unspecified atom stereocenters. The van der Waals surface area contributed by atoms with Gasteiger partial charge in [-0.25, -0.2) is 4.98 Å². The van der Waals surface area contributed by atoms with Crippen LogP contribution in [-0.4, -0.2) is 29.6 Å². The molecule has 1 aliphatic rings. The van der Waals surface area contributed by atoms with Gasteiger partial charge in [-0.1, -0.05) is 5.92 Å². The number of hydrogen-bond acceptors (Lipinski definition) is 4. The van der Waals surface area contributed by atoms with E-state index in [0.717, 1.165) is 18.1 Å². The third-order valence-corrected chi connectivity index (χ3v) is 2.54. The van der Waals surface area contributed by atoms with Crippen LogP contribution in [0.25, 0.3) is 0 Å². The molecule has 1 heterocycles. The van der Waals surface area contributed by atoms with E-state index >= 15 is 0 Å². The highest BCUT2D eigenvalue weighted by atomic mass is 15.2. The Labute approximate surface area is 96.1 Å². The molecular formula is C12H16N4.